The van der Waals surface area contributed by atoms with E-state index in [1.807, 2.05) is 44.2 Å². The number of benzene rings is 3. The second-order valence-corrected chi connectivity index (χ2v) is 8.34. The minimum Gasteiger partial charge on any atom is -0.322 e. The van der Waals surface area contributed by atoms with E-state index in [1.165, 1.54) is 22.7 Å². The van der Waals surface area contributed by atoms with Gasteiger partial charge in [-0.2, -0.15) is 0 Å². The van der Waals surface area contributed by atoms with Gasteiger partial charge in [-0.15, -0.1) is 11.8 Å². The summed E-state index contributed by atoms with van der Waals surface area (Å²) < 4.78 is 14.4. The van der Waals surface area contributed by atoms with Gasteiger partial charge in [0.1, 0.15) is 11.2 Å². The highest BCUT2D eigenvalue weighted by molar-refractivity contribution is 8.00. The van der Waals surface area contributed by atoms with Gasteiger partial charge in [0.05, 0.1) is 11.4 Å². The van der Waals surface area contributed by atoms with E-state index in [2.05, 4.69) is 5.32 Å². The van der Waals surface area contributed by atoms with E-state index in [4.69, 9.17) is 0 Å². The lowest BCUT2D eigenvalue weighted by Gasteiger charge is -2.25. The number of carbonyl (C=O) groups is 2. The predicted octanol–water partition coefficient (Wildman–Crippen LogP) is 5.47. The molecule has 152 valence electrons. The molecule has 4 rings (SSSR count). The van der Waals surface area contributed by atoms with Crippen molar-refractivity contribution in [1.29, 1.82) is 0 Å². The summed E-state index contributed by atoms with van der Waals surface area (Å²) in [6, 6.07) is 19.5. The fourth-order valence-corrected chi connectivity index (χ4v) is 4.66. The first kappa shape index (κ1) is 20.2. The molecule has 1 aliphatic rings. The Bertz CT molecular complexity index is 1110. The Morgan fingerprint density at radius 1 is 1.07 bits per heavy atom. The number of aryl methyl sites for hydroxylation is 2. The van der Waals surface area contributed by atoms with Crippen LogP contribution in [0.1, 0.15) is 32.4 Å². The van der Waals surface area contributed by atoms with Crippen LogP contribution < -0.4 is 10.2 Å². The van der Waals surface area contributed by atoms with Gasteiger partial charge in [-0.3, -0.25) is 14.5 Å². The van der Waals surface area contributed by atoms with E-state index in [1.54, 1.807) is 30.3 Å². The van der Waals surface area contributed by atoms with Gasteiger partial charge in [-0.25, -0.2) is 4.39 Å². The number of hydrogen-bond donors (Lipinski definition) is 1. The average Bonchev–Trinajstić information content (AvgIpc) is 3.12. The van der Waals surface area contributed by atoms with Crippen molar-refractivity contribution >= 4 is 35.0 Å². The molecule has 0 radical (unpaired) electrons. The number of carbonyl (C=O) groups excluding carboxylic acids is 2. The average molecular weight is 421 g/mol. The Labute approximate surface area is 179 Å². The maximum Gasteiger partial charge on any atom is 0.255 e. The zero-order valence-corrected chi connectivity index (χ0v) is 17.5. The number of hydrogen-bond acceptors (Lipinski definition) is 3. The van der Waals surface area contributed by atoms with Crippen LogP contribution in [0.5, 0.6) is 0 Å². The Morgan fingerprint density at radius 3 is 2.53 bits per heavy atom. The Kier molecular flexibility index (Phi) is 5.59. The highest BCUT2D eigenvalue weighted by Crippen LogP contribution is 2.43. The van der Waals surface area contributed by atoms with Crippen LogP contribution in [0.2, 0.25) is 0 Å². The fourth-order valence-electron chi connectivity index (χ4n) is 3.50. The minimum absolute atomic E-state index is 0.119. The standard InChI is InChI=1S/C24H21FN2O2S/c1-15-7-12-20(25)21(13-15)27-22(28)14-30-24(27)17-8-10-18(11-9-17)26-23(29)19-6-4-3-5-16(19)2/h3-13,24H,14H2,1-2H3,(H,26,29)/t24-/m1/s1. The largest absolute Gasteiger partial charge is 0.322 e. The highest BCUT2D eigenvalue weighted by Gasteiger charge is 2.35. The van der Waals surface area contributed by atoms with Crippen LogP contribution in [-0.4, -0.2) is 17.6 Å². The fraction of sp³-hybridized carbons (Fsp3) is 0.167. The molecule has 0 aromatic heterocycles. The second-order valence-electron chi connectivity index (χ2n) is 7.27. The molecular formula is C24H21FN2O2S. The third-order valence-electron chi connectivity index (χ3n) is 5.07. The highest BCUT2D eigenvalue weighted by atomic mass is 32.2. The lowest BCUT2D eigenvalue weighted by atomic mass is 10.1. The molecule has 1 fully saturated rings. The molecule has 0 bridgehead atoms. The maximum absolute atomic E-state index is 14.4. The van der Waals surface area contributed by atoms with Crippen molar-refractivity contribution in [2.24, 2.45) is 0 Å². The molecule has 1 N–H and O–H groups in total. The molecule has 0 spiro atoms. The number of anilines is 2. The van der Waals surface area contributed by atoms with Gasteiger partial charge in [-0.05, 0) is 60.9 Å². The van der Waals surface area contributed by atoms with E-state index >= 15 is 0 Å². The van der Waals surface area contributed by atoms with Crippen LogP contribution in [-0.2, 0) is 4.79 Å². The van der Waals surface area contributed by atoms with Gasteiger partial charge in [0.15, 0.2) is 0 Å². The van der Waals surface area contributed by atoms with Crippen LogP contribution in [0.4, 0.5) is 15.8 Å². The topological polar surface area (TPSA) is 49.4 Å². The monoisotopic (exact) mass is 420 g/mol. The van der Waals surface area contributed by atoms with E-state index in [9.17, 15) is 14.0 Å². The summed E-state index contributed by atoms with van der Waals surface area (Å²) in [6.45, 7) is 3.77. The number of thioether (sulfide) groups is 1. The molecule has 0 aliphatic carbocycles. The first-order valence-corrected chi connectivity index (χ1v) is 10.7. The van der Waals surface area contributed by atoms with Crippen molar-refractivity contribution in [3.8, 4) is 0 Å². The zero-order chi connectivity index (χ0) is 21.3. The Balaban J connectivity index is 1.56. The lowest BCUT2D eigenvalue weighted by Crippen LogP contribution is -2.28. The summed E-state index contributed by atoms with van der Waals surface area (Å²) in [4.78, 5) is 26.5. The molecule has 6 heteroatoms. The quantitative estimate of drug-likeness (QED) is 0.609. The van der Waals surface area contributed by atoms with Crippen molar-refractivity contribution in [1.82, 2.24) is 0 Å². The summed E-state index contributed by atoms with van der Waals surface area (Å²) >= 11 is 1.46. The SMILES string of the molecule is Cc1ccc(F)c(N2C(=O)CS[C@@H]2c2ccc(NC(=O)c3ccccc3C)cc2)c1. The minimum atomic E-state index is -0.413. The molecule has 1 saturated heterocycles. The first-order chi connectivity index (χ1) is 14.4. The maximum atomic E-state index is 14.4. The normalized spacial score (nSPS) is 16.0. The van der Waals surface area contributed by atoms with Crippen LogP contribution in [0.15, 0.2) is 66.7 Å². The molecule has 3 aromatic carbocycles. The number of amides is 2. The molecule has 0 saturated carbocycles. The van der Waals surface area contributed by atoms with Crippen LogP contribution in [0.25, 0.3) is 0 Å². The first-order valence-electron chi connectivity index (χ1n) is 9.61. The molecule has 0 unspecified atom stereocenters. The predicted molar refractivity (Wildman–Crippen MR) is 119 cm³/mol. The summed E-state index contributed by atoms with van der Waals surface area (Å²) in [6.07, 6.45) is 0. The molecular weight excluding hydrogens is 399 g/mol. The molecule has 1 aliphatic heterocycles. The molecule has 2 amide bonds. The van der Waals surface area contributed by atoms with E-state index < -0.39 is 5.82 Å². The number of nitrogens with one attached hydrogen (secondary N) is 1. The lowest BCUT2D eigenvalue weighted by molar-refractivity contribution is -0.115. The third kappa shape index (κ3) is 3.96. The third-order valence-corrected chi connectivity index (χ3v) is 6.28. The van der Waals surface area contributed by atoms with Crippen LogP contribution >= 0.6 is 11.8 Å². The second kappa shape index (κ2) is 8.32. The van der Waals surface area contributed by atoms with Crippen molar-refractivity contribution < 1.29 is 14.0 Å². The van der Waals surface area contributed by atoms with E-state index in [0.29, 0.717) is 22.7 Å². The van der Waals surface area contributed by atoms with Crippen LogP contribution in [0.3, 0.4) is 0 Å². The van der Waals surface area contributed by atoms with Gasteiger partial charge < -0.3 is 5.32 Å². The van der Waals surface area contributed by atoms with E-state index in [0.717, 1.165) is 16.7 Å². The summed E-state index contributed by atoms with van der Waals surface area (Å²) in [5, 5.41) is 2.59. The molecule has 30 heavy (non-hydrogen) atoms. The van der Waals surface area contributed by atoms with Gasteiger partial charge in [0.25, 0.3) is 5.91 Å². The number of halogens is 1. The van der Waals surface area contributed by atoms with Crippen molar-refractivity contribution in [3.63, 3.8) is 0 Å². The van der Waals surface area contributed by atoms with Gasteiger partial charge in [-0.1, -0.05) is 36.4 Å². The number of rotatable bonds is 4. The molecule has 1 heterocycles. The van der Waals surface area contributed by atoms with Gasteiger partial charge in [0, 0.05) is 11.3 Å². The molecule has 4 nitrogen and oxygen atoms in total. The number of nitrogens with zero attached hydrogens (tertiary/aromatic N) is 1. The Morgan fingerprint density at radius 2 is 1.80 bits per heavy atom. The van der Waals surface area contributed by atoms with Crippen molar-refractivity contribution in [2.75, 3.05) is 16.0 Å². The summed E-state index contributed by atoms with van der Waals surface area (Å²) in [5.41, 5.74) is 4.26. The van der Waals surface area contributed by atoms with E-state index in [-0.39, 0.29) is 17.2 Å². The Hall–Kier alpha value is -3.12. The summed E-state index contributed by atoms with van der Waals surface area (Å²) in [7, 11) is 0. The van der Waals surface area contributed by atoms with Crippen molar-refractivity contribution in [3.05, 3.63) is 94.8 Å². The van der Waals surface area contributed by atoms with Gasteiger partial charge >= 0.3 is 0 Å². The van der Waals surface area contributed by atoms with Gasteiger partial charge in [0.2, 0.25) is 5.91 Å². The smallest absolute Gasteiger partial charge is 0.255 e. The molecule has 3 aromatic rings. The molecule has 1 atom stereocenters. The summed E-state index contributed by atoms with van der Waals surface area (Å²) in [5.74, 6) is -0.409. The van der Waals surface area contributed by atoms with Crippen molar-refractivity contribution in [2.45, 2.75) is 19.2 Å². The zero-order valence-electron chi connectivity index (χ0n) is 16.7. The van der Waals surface area contributed by atoms with Crippen LogP contribution in [0, 0.1) is 19.7 Å².